The zero-order chi connectivity index (χ0) is 20.8. The van der Waals surface area contributed by atoms with E-state index < -0.39 is 0 Å². The topological polar surface area (TPSA) is 43.6 Å². The molecule has 30 heavy (non-hydrogen) atoms. The number of benzene rings is 3. The largest absolute Gasteiger partial charge is 0.480 e. The summed E-state index contributed by atoms with van der Waals surface area (Å²) in [6.07, 6.45) is 7.28. The van der Waals surface area contributed by atoms with Gasteiger partial charge in [-0.2, -0.15) is 0 Å². The summed E-state index contributed by atoms with van der Waals surface area (Å²) < 4.78 is 8.08. The van der Waals surface area contributed by atoms with Crippen LogP contribution in [0.25, 0.3) is 32.8 Å². The third kappa shape index (κ3) is 2.85. The molecule has 0 atom stereocenters. The molecule has 5 aromatic rings. The number of hydrogen-bond acceptors (Lipinski definition) is 4. The molecule has 146 valence electrons. The normalized spacial score (nSPS) is 12.1. The lowest BCUT2D eigenvalue weighted by Gasteiger charge is -2.09. The fraction of sp³-hybridized carbons (Fsp3) is 0.120. The van der Waals surface area contributed by atoms with Crippen molar-refractivity contribution in [3.63, 3.8) is 0 Å². The van der Waals surface area contributed by atoms with Crippen LogP contribution in [0.1, 0.15) is 16.7 Å². The van der Waals surface area contributed by atoms with Crippen molar-refractivity contribution in [1.29, 1.82) is 0 Å². The second-order valence-electron chi connectivity index (χ2n) is 7.26. The number of aromatic nitrogens is 2. The fourth-order valence-electron chi connectivity index (χ4n) is 3.72. The molecule has 0 spiro atoms. The Bertz CT molecular complexity index is 1600. The van der Waals surface area contributed by atoms with Gasteiger partial charge in [-0.15, -0.1) is 6.42 Å². The number of rotatable bonds is 3. The van der Waals surface area contributed by atoms with E-state index in [-0.39, 0.29) is 12.2 Å². The summed E-state index contributed by atoms with van der Waals surface area (Å²) in [5.41, 5.74) is 4.77. The molecule has 2 heterocycles. The van der Waals surface area contributed by atoms with Crippen molar-refractivity contribution >= 4 is 44.2 Å². The summed E-state index contributed by atoms with van der Waals surface area (Å²) in [4.78, 5) is 18.7. The molecule has 2 aromatic heterocycles. The second-order valence-corrected chi connectivity index (χ2v) is 8.27. The minimum atomic E-state index is -0.0726. The molecule has 3 aromatic carbocycles. The molecule has 0 saturated carbocycles. The molecule has 4 nitrogen and oxygen atoms in total. The maximum absolute atomic E-state index is 13.3. The monoisotopic (exact) mass is 410 g/mol. The van der Waals surface area contributed by atoms with Gasteiger partial charge in [-0.1, -0.05) is 47.6 Å². The lowest BCUT2D eigenvalue weighted by atomic mass is 10.0. The number of aryl methyl sites for hydroxylation is 2. The second kappa shape index (κ2) is 7.01. The van der Waals surface area contributed by atoms with E-state index in [1.807, 2.05) is 61.5 Å². The summed E-state index contributed by atoms with van der Waals surface area (Å²) in [7, 11) is 0. The molecule has 0 amide bonds. The predicted octanol–water partition coefficient (Wildman–Crippen LogP) is 4.24. The van der Waals surface area contributed by atoms with Crippen LogP contribution >= 0.6 is 11.3 Å². The zero-order valence-electron chi connectivity index (χ0n) is 16.6. The van der Waals surface area contributed by atoms with Crippen molar-refractivity contribution in [1.82, 2.24) is 9.38 Å². The molecular weight excluding hydrogens is 392 g/mol. The third-order valence-electron chi connectivity index (χ3n) is 5.37. The molecule has 0 aliphatic heterocycles. The zero-order valence-corrected chi connectivity index (χ0v) is 17.4. The van der Waals surface area contributed by atoms with Crippen molar-refractivity contribution in [3.8, 4) is 18.1 Å². The maximum Gasteiger partial charge on any atom is 0.274 e. The van der Waals surface area contributed by atoms with E-state index in [4.69, 9.17) is 11.2 Å². The quantitative estimate of drug-likeness (QED) is 0.418. The lowest BCUT2D eigenvalue weighted by Crippen LogP contribution is -2.22. The summed E-state index contributed by atoms with van der Waals surface area (Å²) in [6.45, 7) is 4.27. The summed E-state index contributed by atoms with van der Waals surface area (Å²) >= 11 is 1.39. The highest BCUT2D eigenvalue weighted by Crippen LogP contribution is 2.29. The Labute approximate surface area is 177 Å². The van der Waals surface area contributed by atoms with Crippen molar-refractivity contribution in [2.45, 2.75) is 13.8 Å². The van der Waals surface area contributed by atoms with Crippen molar-refractivity contribution < 1.29 is 4.74 Å². The smallest absolute Gasteiger partial charge is 0.274 e. The molecule has 5 rings (SSSR count). The van der Waals surface area contributed by atoms with Crippen LogP contribution in [0.4, 0.5) is 0 Å². The Kier molecular flexibility index (Phi) is 4.30. The minimum Gasteiger partial charge on any atom is -0.480 e. The first-order valence-corrected chi connectivity index (χ1v) is 10.4. The predicted molar refractivity (Wildman–Crippen MR) is 123 cm³/mol. The number of thiazole rings is 1. The SMILES string of the molecule is C#CCOc1ccc2ccccc2c1/C=c1\sc2nc3cc(C)c(C)cc3n2c1=O. The highest BCUT2D eigenvalue weighted by Gasteiger charge is 2.14. The van der Waals surface area contributed by atoms with E-state index in [2.05, 4.69) is 17.8 Å². The number of ether oxygens (including phenoxy) is 1. The Morgan fingerprint density at radius 3 is 2.80 bits per heavy atom. The van der Waals surface area contributed by atoms with Gasteiger partial charge in [-0.3, -0.25) is 4.79 Å². The molecule has 0 unspecified atom stereocenters. The van der Waals surface area contributed by atoms with E-state index >= 15 is 0 Å². The van der Waals surface area contributed by atoms with Gasteiger partial charge in [0.1, 0.15) is 12.4 Å². The van der Waals surface area contributed by atoms with Crippen LogP contribution in [0, 0.1) is 26.2 Å². The Morgan fingerprint density at radius 1 is 1.17 bits per heavy atom. The van der Waals surface area contributed by atoms with E-state index in [1.165, 1.54) is 16.9 Å². The van der Waals surface area contributed by atoms with Crippen LogP contribution in [0.5, 0.6) is 5.75 Å². The number of fused-ring (bicyclic) bond motifs is 4. The molecule has 0 aliphatic carbocycles. The molecule has 0 N–H and O–H groups in total. The lowest BCUT2D eigenvalue weighted by molar-refractivity contribution is 0.370. The van der Waals surface area contributed by atoms with Crippen molar-refractivity contribution in [2.24, 2.45) is 0 Å². The summed E-state index contributed by atoms with van der Waals surface area (Å²) in [5, 5.41) is 2.08. The van der Waals surface area contributed by atoms with Gasteiger partial charge < -0.3 is 4.74 Å². The van der Waals surface area contributed by atoms with Gasteiger partial charge in [0, 0.05) is 5.56 Å². The molecule has 0 radical (unpaired) electrons. The van der Waals surface area contributed by atoms with Gasteiger partial charge in [-0.05, 0) is 60.0 Å². The number of hydrogen-bond donors (Lipinski definition) is 0. The Balaban J connectivity index is 1.80. The first-order chi connectivity index (χ1) is 14.6. The van der Waals surface area contributed by atoms with Gasteiger partial charge in [0.25, 0.3) is 5.56 Å². The first-order valence-electron chi connectivity index (χ1n) is 9.59. The van der Waals surface area contributed by atoms with Gasteiger partial charge in [0.05, 0.1) is 15.6 Å². The van der Waals surface area contributed by atoms with Gasteiger partial charge in [0.15, 0.2) is 4.96 Å². The highest BCUT2D eigenvalue weighted by atomic mass is 32.1. The molecule has 0 aliphatic rings. The third-order valence-corrected chi connectivity index (χ3v) is 6.34. The van der Waals surface area contributed by atoms with E-state index in [9.17, 15) is 4.79 Å². The summed E-state index contributed by atoms with van der Waals surface area (Å²) in [6, 6.07) is 16.0. The van der Waals surface area contributed by atoms with Crippen LogP contribution in [0.15, 0.2) is 53.3 Å². The summed E-state index contributed by atoms with van der Waals surface area (Å²) in [5.74, 6) is 3.17. The molecule has 0 saturated heterocycles. The molecule has 5 heteroatoms. The standard InChI is InChI=1S/C25H18N2O2S/c1-4-11-29-22-10-9-17-7-5-6-8-18(17)19(22)14-23-24(28)27-21-13-16(3)15(2)12-20(21)26-25(27)30-23/h1,5-10,12-14H,11H2,2-3H3/b23-14-. The van der Waals surface area contributed by atoms with Gasteiger partial charge >= 0.3 is 0 Å². The molecular formula is C25H18N2O2S. The number of imidazole rings is 1. The van der Waals surface area contributed by atoms with Crippen LogP contribution in [0.2, 0.25) is 0 Å². The first kappa shape index (κ1) is 18.4. The van der Waals surface area contributed by atoms with Crippen LogP contribution in [-0.4, -0.2) is 16.0 Å². The highest BCUT2D eigenvalue weighted by molar-refractivity contribution is 7.15. The van der Waals surface area contributed by atoms with Crippen LogP contribution < -0.4 is 14.8 Å². The number of terminal acetylenes is 1. The number of nitrogens with zero attached hydrogens (tertiary/aromatic N) is 2. The Morgan fingerprint density at radius 2 is 1.97 bits per heavy atom. The van der Waals surface area contributed by atoms with Crippen molar-refractivity contribution in [3.05, 3.63) is 80.1 Å². The fourth-order valence-corrected chi connectivity index (χ4v) is 4.69. The van der Waals surface area contributed by atoms with E-state index in [0.717, 1.165) is 32.9 Å². The average Bonchev–Trinajstić information content (AvgIpc) is 3.23. The van der Waals surface area contributed by atoms with Gasteiger partial charge in [-0.25, -0.2) is 9.38 Å². The molecule has 0 bridgehead atoms. The minimum absolute atomic E-state index is 0.0726. The maximum atomic E-state index is 13.3. The molecule has 0 fully saturated rings. The van der Waals surface area contributed by atoms with Gasteiger partial charge in [0.2, 0.25) is 0 Å². The van der Waals surface area contributed by atoms with Crippen LogP contribution in [0.3, 0.4) is 0 Å². The van der Waals surface area contributed by atoms with Crippen LogP contribution in [-0.2, 0) is 0 Å². The van der Waals surface area contributed by atoms with E-state index in [0.29, 0.717) is 15.2 Å². The Hall–Kier alpha value is -3.62. The average molecular weight is 410 g/mol. The van der Waals surface area contributed by atoms with E-state index in [1.54, 1.807) is 4.40 Å². The van der Waals surface area contributed by atoms with Crippen molar-refractivity contribution in [2.75, 3.05) is 6.61 Å².